The molecule has 0 unspecified atom stereocenters. The van der Waals surface area contributed by atoms with Gasteiger partial charge in [-0.25, -0.2) is 8.42 Å². The molecule has 0 spiro atoms. The van der Waals surface area contributed by atoms with Gasteiger partial charge in [0.15, 0.2) is 0 Å². The molecule has 0 saturated heterocycles. The van der Waals surface area contributed by atoms with Gasteiger partial charge in [-0.1, -0.05) is 42.8 Å². The Morgan fingerprint density at radius 1 is 1.00 bits per heavy atom. The van der Waals surface area contributed by atoms with Gasteiger partial charge in [0.05, 0.1) is 17.7 Å². The number of rotatable bonds is 12. The Kier molecular flexibility index (Phi) is 10.6. The molecule has 0 aliphatic carbocycles. The van der Waals surface area contributed by atoms with E-state index in [1.807, 2.05) is 32.9 Å². The van der Waals surface area contributed by atoms with E-state index in [9.17, 15) is 18.0 Å². The molecule has 40 heavy (non-hydrogen) atoms. The minimum atomic E-state index is -4.16. The first-order chi connectivity index (χ1) is 19.0. The Balaban J connectivity index is 2.03. The van der Waals surface area contributed by atoms with Crippen molar-refractivity contribution in [3.8, 4) is 5.75 Å². The van der Waals surface area contributed by atoms with Crippen LogP contribution in [0.1, 0.15) is 38.3 Å². The Bertz CT molecular complexity index is 1430. The van der Waals surface area contributed by atoms with Gasteiger partial charge in [-0.15, -0.1) is 0 Å². The quantitative estimate of drug-likeness (QED) is 0.316. The van der Waals surface area contributed by atoms with Crippen LogP contribution in [-0.4, -0.2) is 50.9 Å². The number of ether oxygens (including phenoxy) is 1. The van der Waals surface area contributed by atoms with Crippen molar-refractivity contribution in [3.63, 3.8) is 0 Å². The summed E-state index contributed by atoms with van der Waals surface area (Å²) in [6, 6.07) is 18.9. The molecule has 3 aromatic carbocycles. The second-order valence-corrected chi connectivity index (χ2v) is 12.0. The van der Waals surface area contributed by atoms with Gasteiger partial charge in [0.1, 0.15) is 18.3 Å². The molecule has 3 rings (SSSR count). The SMILES string of the molecule is CC[C@H](C)NC(=O)[C@@H](C)N(Cc1cccc(OC)c1)C(=O)CN(c1cccc(C)c1)S(=O)(=O)c1ccc(Cl)cc1. The van der Waals surface area contributed by atoms with E-state index in [4.69, 9.17) is 16.3 Å². The van der Waals surface area contributed by atoms with Crippen LogP contribution in [-0.2, 0) is 26.2 Å². The van der Waals surface area contributed by atoms with Crippen LogP contribution >= 0.6 is 11.6 Å². The van der Waals surface area contributed by atoms with Crippen LogP contribution in [0, 0.1) is 6.92 Å². The molecular weight excluding hydrogens is 550 g/mol. The van der Waals surface area contributed by atoms with Crippen LogP contribution in [0.2, 0.25) is 5.02 Å². The molecular formula is C30H36ClN3O5S. The molecule has 0 fully saturated rings. The molecule has 0 bridgehead atoms. The summed E-state index contributed by atoms with van der Waals surface area (Å²) in [6.45, 7) is 6.88. The minimum absolute atomic E-state index is 0.00638. The van der Waals surface area contributed by atoms with Crippen molar-refractivity contribution in [2.24, 2.45) is 0 Å². The van der Waals surface area contributed by atoms with Crippen LogP contribution in [0.4, 0.5) is 5.69 Å². The first kappa shape index (κ1) is 31.0. The monoisotopic (exact) mass is 585 g/mol. The summed E-state index contributed by atoms with van der Waals surface area (Å²) < 4.78 is 34.1. The van der Waals surface area contributed by atoms with Gasteiger partial charge in [-0.05, 0) is 86.8 Å². The van der Waals surface area contributed by atoms with Gasteiger partial charge in [0.2, 0.25) is 11.8 Å². The fourth-order valence-corrected chi connectivity index (χ4v) is 5.59. The molecule has 0 radical (unpaired) electrons. The second-order valence-electron chi connectivity index (χ2n) is 9.67. The first-order valence-corrected chi connectivity index (χ1v) is 14.9. The molecule has 10 heteroatoms. The average Bonchev–Trinajstić information content (AvgIpc) is 2.94. The number of hydrogen-bond donors (Lipinski definition) is 1. The molecule has 0 aliphatic rings. The number of anilines is 1. The molecule has 2 amide bonds. The van der Waals surface area contributed by atoms with E-state index in [0.29, 0.717) is 16.5 Å². The third-order valence-electron chi connectivity index (χ3n) is 6.63. The number of sulfonamides is 1. The van der Waals surface area contributed by atoms with Crippen LogP contribution in [0.25, 0.3) is 0 Å². The highest BCUT2D eigenvalue weighted by Crippen LogP contribution is 2.26. The van der Waals surface area contributed by atoms with Gasteiger partial charge >= 0.3 is 0 Å². The molecule has 2 atom stereocenters. The van der Waals surface area contributed by atoms with Gasteiger partial charge < -0.3 is 15.0 Å². The number of amides is 2. The lowest BCUT2D eigenvalue weighted by atomic mass is 10.1. The van der Waals surface area contributed by atoms with Crippen molar-refractivity contribution in [3.05, 3.63) is 88.9 Å². The van der Waals surface area contributed by atoms with Crippen molar-refractivity contribution < 1.29 is 22.7 Å². The van der Waals surface area contributed by atoms with Crippen LogP contribution < -0.4 is 14.4 Å². The summed E-state index contributed by atoms with van der Waals surface area (Å²) in [5.41, 5.74) is 1.90. The van der Waals surface area contributed by atoms with E-state index in [1.165, 1.54) is 29.2 Å². The maximum atomic E-state index is 14.0. The van der Waals surface area contributed by atoms with E-state index in [1.54, 1.807) is 50.4 Å². The maximum Gasteiger partial charge on any atom is 0.264 e. The summed E-state index contributed by atoms with van der Waals surface area (Å²) in [5, 5.41) is 3.32. The number of aryl methyl sites for hydroxylation is 1. The molecule has 214 valence electrons. The number of halogens is 1. The summed E-state index contributed by atoms with van der Waals surface area (Å²) in [7, 11) is -2.61. The van der Waals surface area contributed by atoms with Crippen molar-refractivity contribution in [2.75, 3.05) is 18.0 Å². The molecule has 1 N–H and O–H groups in total. The lowest BCUT2D eigenvalue weighted by Crippen LogP contribution is -2.52. The highest BCUT2D eigenvalue weighted by Gasteiger charge is 2.33. The largest absolute Gasteiger partial charge is 0.497 e. The van der Waals surface area contributed by atoms with Crippen molar-refractivity contribution in [1.29, 1.82) is 0 Å². The zero-order valence-electron chi connectivity index (χ0n) is 23.4. The number of carbonyl (C=O) groups is 2. The second kappa shape index (κ2) is 13.7. The van der Waals surface area contributed by atoms with E-state index in [0.717, 1.165) is 21.9 Å². The van der Waals surface area contributed by atoms with Gasteiger partial charge in [-0.2, -0.15) is 0 Å². The average molecular weight is 586 g/mol. The highest BCUT2D eigenvalue weighted by atomic mass is 35.5. The smallest absolute Gasteiger partial charge is 0.264 e. The number of nitrogens with one attached hydrogen (secondary N) is 1. The van der Waals surface area contributed by atoms with Gasteiger partial charge in [0, 0.05) is 17.6 Å². The van der Waals surface area contributed by atoms with Crippen molar-refractivity contribution in [2.45, 2.75) is 57.6 Å². The summed E-state index contributed by atoms with van der Waals surface area (Å²) >= 11 is 6.00. The topological polar surface area (TPSA) is 96.0 Å². The minimum Gasteiger partial charge on any atom is -0.497 e. The normalized spacial score (nSPS) is 12.8. The van der Waals surface area contributed by atoms with E-state index in [2.05, 4.69) is 5.32 Å². The molecule has 0 aromatic heterocycles. The maximum absolute atomic E-state index is 14.0. The summed E-state index contributed by atoms with van der Waals surface area (Å²) in [6.07, 6.45) is 0.725. The summed E-state index contributed by atoms with van der Waals surface area (Å²) in [4.78, 5) is 28.5. The molecule has 0 aliphatic heterocycles. The summed E-state index contributed by atoms with van der Waals surface area (Å²) in [5.74, 6) is -0.254. The predicted molar refractivity (Wildman–Crippen MR) is 158 cm³/mol. The number of hydrogen-bond acceptors (Lipinski definition) is 5. The van der Waals surface area contributed by atoms with Crippen LogP contribution in [0.15, 0.2) is 77.7 Å². The van der Waals surface area contributed by atoms with Crippen molar-refractivity contribution >= 4 is 39.1 Å². The standard InChI is InChI=1S/C30H36ClN3O5S/c1-6-22(3)32-30(36)23(4)33(19-24-10-8-12-27(18-24)39-5)29(35)20-34(26-11-7-9-21(2)17-26)40(37,38)28-15-13-25(31)14-16-28/h7-18,22-23H,6,19-20H2,1-5H3,(H,32,36)/t22-,23+/m0/s1. The molecule has 0 heterocycles. The van der Waals surface area contributed by atoms with Gasteiger partial charge in [-0.3, -0.25) is 13.9 Å². The lowest BCUT2D eigenvalue weighted by Gasteiger charge is -2.32. The molecule has 8 nitrogen and oxygen atoms in total. The number of benzene rings is 3. The fourth-order valence-electron chi connectivity index (χ4n) is 4.06. The van der Waals surface area contributed by atoms with E-state index < -0.39 is 28.5 Å². The molecule has 0 saturated carbocycles. The van der Waals surface area contributed by atoms with E-state index in [-0.39, 0.29) is 23.4 Å². The van der Waals surface area contributed by atoms with Crippen LogP contribution in [0.3, 0.4) is 0 Å². The zero-order valence-corrected chi connectivity index (χ0v) is 25.0. The highest BCUT2D eigenvalue weighted by molar-refractivity contribution is 7.92. The molecule has 3 aromatic rings. The third-order valence-corrected chi connectivity index (χ3v) is 8.67. The Morgan fingerprint density at radius 3 is 2.30 bits per heavy atom. The lowest BCUT2D eigenvalue weighted by molar-refractivity contribution is -0.139. The zero-order chi connectivity index (χ0) is 29.4. The first-order valence-electron chi connectivity index (χ1n) is 13.0. The third kappa shape index (κ3) is 7.76. The van der Waals surface area contributed by atoms with E-state index >= 15 is 0 Å². The Labute approximate surface area is 241 Å². The Hall–Kier alpha value is -3.56. The fraction of sp³-hybridized carbons (Fsp3) is 0.333. The number of nitrogens with zero attached hydrogens (tertiary/aromatic N) is 2. The van der Waals surface area contributed by atoms with Gasteiger partial charge in [0.25, 0.3) is 10.0 Å². The Morgan fingerprint density at radius 2 is 1.68 bits per heavy atom. The number of methoxy groups -OCH3 is 1. The van der Waals surface area contributed by atoms with Crippen molar-refractivity contribution in [1.82, 2.24) is 10.2 Å². The predicted octanol–water partition coefficient (Wildman–Crippen LogP) is 5.18. The van der Waals surface area contributed by atoms with Crippen LogP contribution in [0.5, 0.6) is 5.75 Å². The number of carbonyl (C=O) groups excluding carboxylic acids is 2.